The summed E-state index contributed by atoms with van der Waals surface area (Å²) in [7, 11) is 0. The minimum atomic E-state index is -0.896. The van der Waals surface area contributed by atoms with Crippen molar-refractivity contribution in [2.45, 2.75) is 51.1 Å². The Hall–Kier alpha value is -1.26. The van der Waals surface area contributed by atoms with Crippen molar-refractivity contribution in [3.63, 3.8) is 0 Å². The number of nitrogens with one attached hydrogen (secondary N) is 1. The highest BCUT2D eigenvalue weighted by Gasteiger charge is 2.34. The van der Waals surface area contributed by atoms with E-state index in [-0.39, 0.29) is 12.1 Å². The molecule has 2 amide bonds. The lowest BCUT2D eigenvalue weighted by atomic mass is 10.1. The summed E-state index contributed by atoms with van der Waals surface area (Å²) < 4.78 is 0. The Labute approximate surface area is 101 Å². The Morgan fingerprint density at radius 3 is 2.71 bits per heavy atom. The van der Waals surface area contributed by atoms with Gasteiger partial charge in [0.2, 0.25) is 0 Å². The number of aliphatic carboxylic acids is 1. The standard InChI is InChI=1S/C12H20N2O3/c1-8(7-9-4-5-9)13-12(17)14-6-2-3-10(14)11(15)16/h8-10H,2-7H2,1H3,(H,13,17)(H,15,16)/t8?,10-/m1/s1. The largest absolute Gasteiger partial charge is 0.480 e. The summed E-state index contributed by atoms with van der Waals surface area (Å²) in [6.07, 6.45) is 4.89. The van der Waals surface area contributed by atoms with E-state index in [9.17, 15) is 9.59 Å². The Bertz CT molecular complexity index is 315. The first-order chi connectivity index (χ1) is 8.08. The minimum absolute atomic E-state index is 0.144. The second kappa shape index (κ2) is 4.94. The number of amides is 2. The molecule has 0 radical (unpaired) electrons. The van der Waals surface area contributed by atoms with Gasteiger partial charge in [-0.2, -0.15) is 0 Å². The van der Waals surface area contributed by atoms with Gasteiger partial charge in [0.25, 0.3) is 0 Å². The number of carbonyl (C=O) groups excluding carboxylic acids is 1. The van der Waals surface area contributed by atoms with E-state index in [1.807, 2.05) is 6.92 Å². The fraction of sp³-hybridized carbons (Fsp3) is 0.833. The highest BCUT2D eigenvalue weighted by atomic mass is 16.4. The predicted octanol–water partition coefficient (Wildman–Crippen LogP) is 1.43. The topological polar surface area (TPSA) is 69.6 Å². The van der Waals surface area contributed by atoms with Crippen LogP contribution in [0.3, 0.4) is 0 Å². The molecule has 1 saturated heterocycles. The first-order valence-electron chi connectivity index (χ1n) is 6.38. The number of likely N-dealkylation sites (tertiary alicyclic amines) is 1. The molecule has 5 heteroatoms. The van der Waals surface area contributed by atoms with Gasteiger partial charge in [0.1, 0.15) is 6.04 Å². The molecule has 0 aromatic carbocycles. The molecule has 1 aliphatic heterocycles. The maximum absolute atomic E-state index is 11.9. The molecule has 0 spiro atoms. The van der Waals surface area contributed by atoms with E-state index in [4.69, 9.17) is 5.11 Å². The van der Waals surface area contributed by atoms with Crippen molar-refractivity contribution in [1.82, 2.24) is 10.2 Å². The minimum Gasteiger partial charge on any atom is -0.480 e. The zero-order chi connectivity index (χ0) is 12.4. The van der Waals surface area contributed by atoms with Gasteiger partial charge in [-0.1, -0.05) is 12.8 Å². The number of carbonyl (C=O) groups is 2. The van der Waals surface area contributed by atoms with Gasteiger partial charge in [0.15, 0.2) is 0 Å². The third-order valence-electron chi connectivity index (χ3n) is 3.55. The monoisotopic (exact) mass is 240 g/mol. The van der Waals surface area contributed by atoms with Crippen LogP contribution in [0.25, 0.3) is 0 Å². The highest BCUT2D eigenvalue weighted by Crippen LogP contribution is 2.33. The second-order valence-electron chi connectivity index (χ2n) is 5.22. The van der Waals surface area contributed by atoms with E-state index in [2.05, 4.69) is 5.32 Å². The molecule has 5 nitrogen and oxygen atoms in total. The van der Waals surface area contributed by atoms with Crippen LogP contribution in [0.4, 0.5) is 4.79 Å². The molecule has 2 rings (SSSR count). The van der Waals surface area contributed by atoms with Crippen molar-refractivity contribution in [3.05, 3.63) is 0 Å². The summed E-state index contributed by atoms with van der Waals surface area (Å²) in [6, 6.07) is -0.712. The van der Waals surface area contributed by atoms with Crippen LogP contribution in [0.2, 0.25) is 0 Å². The van der Waals surface area contributed by atoms with E-state index in [0.717, 1.165) is 18.8 Å². The van der Waals surface area contributed by atoms with E-state index in [0.29, 0.717) is 13.0 Å². The van der Waals surface area contributed by atoms with E-state index < -0.39 is 12.0 Å². The smallest absolute Gasteiger partial charge is 0.326 e. The molecule has 1 aliphatic carbocycles. The van der Waals surface area contributed by atoms with Gasteiger partial charge in [0.05, 0.1) is 0 Å². The lowest BCUT2D eigenvalue weighted by molar-refractivity contribution is -0.141. The van der Waals surface area contributed by atoms with Crippen molar-refractivity contribution < 1.29 is 14.7 Å². The molecule has 2 atom stereocenters. The van der Waals surface area contributed by atoms with Crippen LogP contribution in [0.5, 0.6) is 0 Å². The van der Waals surface area contributed by atoms with Gasteiger partial charge in [-0.3, -0.25) is 0 Å². The number of hydrogen-bond donors (Lipinski definition) is 2. The quantitative estimate of drug-likeness (QED) is 0.781. The first-order valence-corrected chi connectivity index (χ1v) is 6.38. The number of rotatable bonds is 4. The second-order valence-corrected chi connectivity index (χ2v) is 5.22. The molecule has 17 heavy (non-hydrogen) atoms. The number of hydrogen-bond acceptors (Lipinski definition) is 2. The zero-order valence-corrected chi connectivity index (χ0v) is 10.2. The van der Waals surface area contributed by atoms with Crippen molar-refractivity contribution in [2.75, 3.05) is 6.54 Å². The Morgan fingerprint density at radius 1 is 1.41 bits per heavy atom. The number of urea groups is 1. The van der Waals surface area contributed by atoms with Gasteiger partial charge in [-0.05, 0) is 32.1 Å². The average molecular weight is 240 g/mol. The van der Waals surface area contributed by atoms with Crippen LogP contribution in [0, 0.1) is 5.92 Å². The third kappa shape index (κ3) is 3.11. The summed E-state index contributed by atoms with van der Waals surface area (Å²) >= 11 is 0. The summed E-state index contributed by atoms with van der Waals surface area (Å²) in [5.74, 6) is -0.133. The molecule has 0 aromatic heterocycles. The van der Waals surface area contributed by atoms with Crippen LogP contribution >= 0.6 is 0 Å². The Kier molecular flexibility index (Phi) is 3.54. The summed E-state index contributed by atoms with van der Waals surface area (Å²) in [5, 5.41) is 11.9. The maximum Gasteiger partial charge on any atom is 0.326 e. The highest BCUT2D eigenvalue weighted by molar-refractivity contribution is 5.83. The van der Waals surface area contributed by atoms with Crippen molar-refractivity contribution >= 4 is 12.0 Å². The third-order valence-corrected chi connectivity index (χ3v) is 3.55. The number of nitrogens with zero attached hydrogens (tertiary/aromatic N) is 1. The van der Waals surface area contributed by atoms with E-state index in [1.54, 1.807) is 0 Å². The molecular formula is C12H20N2O3. The lowest BCUT2D eigenvalue weighted by Crippen LogP contribution is -2.48. The van der Waals surface area contributed by atoms with Crippen LogP contribution < -0.4 is 5.32 Å². The molecule has 2 fully saturated rings. The molecule has 2 N–H and O–H groups in total. The van der Waals surface area contributed by atoms with Crippen molar-refractivity contribution in [1.29, 1.82) is 0 Å². The van der Waals surface area contributed by atoms with Crippen molar-refractivity contribution in [3.8, 4) is 0 Å². The number of carboxylic acids is 1. The van der Waals surface area contributed by atoms with Gasteiger partial charge in [-0.15, -0.1) is 0 Å². The van der Waals surface area contributed by atoms with Crippen LogP contribution in [0.15, 0.2) is 0 Å². The molecule has 96 valence electrons. The molecule has 2 aliphatic rings. The normalized spacial score (nSPS) is 25.7. The fourth-order valence-electron chi connectivity index (χ4n) is 2.47. The first kappa shape index (κ1) is 12.2. The summed E-state index contributed by atoms with van der Waals surface area (Å²) in [6.45, 7) is 2.54. The zero-order valence-electron chi connectivity index (χ0n) is 10.2. The Balaban J connectivity index is 1.83. The molecule has 1 heterocycles. The lowest BCUT2D eigenvalue weighted by Gasteiger charge is -2.24. The average Bonchev–Trinajstić information content (AvgIpc) is 2.92. The van der Waals surface area contributed by atoms with Gasteiger partial charge in [-0.25, -0.2) is 9.59 Å². The van der Waals surface area contributed by atoms with Crippen LogP contribution in [-0.2, 0) is 4.79 Å². The SMILES string of the molecule is CC(CC1CC1)NC(=O)N1CCC[C@@H]1C(=O)O. The summed E-state index contributed by atoms with van der Waals surface area (Å²) in [5.41, 5.74) is 0. The molecule has 1 saturated carbocycles. The maximum atomic E-state index is 11.9. The van der Waals surface area contributed by atoms with Gasteiger partial charge >= 0.3 is 12.0 Å². The molecular weight excluding hydrogens is 220 g/mol. The predicted molar refractivity (Wildman–Crippen MR) is 62.7 cm³/mol. The van der Waals surface area contributed by atoms with Crippen LogP contribution in [0.1, 0.15) is 39.0 Å². The molecule has 0 bridgehead atoms. The summed E-state index contributed by atoms with van der Waals surface area (Å²) in [4.78, 5) is 24.3. The molecule has 1 unspecified atom stereocenters. The van der Waals surface area contributed by atoms with E-state index >= 15 is 0 Å². The fourth-order valence-corrected chi connectivity index (χ4v) is 2.47. The van der Waals surface area contributed by atoms with Crippen LogP contribution in [-0.4, -0.2) is 40.6 Å². The van der Waals surface area contributed by atoms with Gasteiger partial charge < -0.3 is 15.3 Å². The van der Waals surface area contributed by atoms with Gasteiger partial charge in [0, 0.05) is 12.6 Å². The van der Waals surface area contributed by atoms with E-state index in [1.165, 1.54) is 17.7 Å². The number of carboxylic acid groups (broad SMARTS) is 1. The molecule has 0 aromatic rings. The van der Waals surface area contributed by atoms with Crippen molar-refractivity contribution in [2.24, 2.45) is 5.92 Å². The Morgan fingerprint density at radius 2 is 2.12 bits per heavy atom.